The van der Waals surface area contributed by atoms with Crippen molar-refractivity contribution >= 4 is 11.6 Å². The zero-order valence-electron chi connectivity index (χ0n) is 9.82. The molecule has 0 aliphatic heterocycles. The quantitative estimate of drug-likeness (QED) is 0.816. The summed E-state index contributed by atoms with van der Waals surface area (Å²) in [6.45, 7) is 2.14. The van der Waals surface area contributed by atoms with Gasteiger partial charge in [-0.2, -0.15) is 0 Å². The van der Waals surface area contributed by atoms with E-state index < -0.39 is 0 Å². The standard InChI is InChI=1S/C11H18ClN3O/c1-3-4-10-13-14-11(12)15(10)8-5-6-9(7-8)16-2/h8-9H,3-7H2,1-2H3. The maximum atomic E-state index is 6.10. The van der Waals surface area contributed by atoms with Gasteiger partial charge in [-0.3, -0.25) is 4.57 Å². The van der Waals surface area contributed by atoms with Crippen LogP contribution in [-0.4, -0.2) is 28.0 Å². The van der Waals surface area contributed by atoms with E-state index in [2.05, 4.69) is 21.7 Å². The van der Waals surface area contributed by atoms with Crippen molar-refractivity contribution in [3.63, 3.8) is 0 Å². The summed E-state index contributed by atoms with van der Waals surface area (Å²) < 4.78 is 7.47. The van der Waals surface area contributed by atoms with Crippen LogP contribution in [-0.2, 0) is 11.2 Å². The monoisotopic (exact) mass is 243 g/mol. The maximum absolute atomic E-state index is 6.10. The summed E-state index contributed by atoms with van der Waals surface area (Å²) in [5.74, 6) is 1.01. The minimum absolute atomic E-state index is 0.359. The van der Waals surface area contributed by atoms with E-state index >= 15 is 0 Å². The van der Waals surface area contributed by atoms with Crippen LogP contribution in [0, 0.1) is 0 Å². The number of rotatable bonds is 4. The number of hydrogen-bond acceptors (Lipinski definition) is 3. The molecule has 2 rings (SSSR count). The Kier molecular flexibility index (Phi) is 3.82. The lowest BCUT2D eigenvalue weighted by atomic mass is 10.2. The Morgan fingerprint density at radius 1 is 1.44 bits per heavy atom. The fraction of sp³-hybridized carbons (Fsp3) is 0.818. The third-order valence-electron chi connectivity index (χ3n) is 3.25. The normalized spacial score (nSPS) is 25.2. The molecule has 1 fully saturated rings. The summed E-state index contributed by atoms with van der Waals surface area (Å²) in [4.78, 5) is 0. The van der Waals surface area contributed by atoms with Gasteiger partial charge in [0.2, 0.25) is 5.28 Å². The van der Waals surface area contributed by atoms with Crippen molar-refractivity contribution in [1.82, 2.24) is 14.8 Å². The first kappa shape index (κ1) is 11.9. The predicted molar refractivity (Wildman–Crippen MR) is 62.7 cm³/mol. The summed E-state index contributed by atoms with van der Waals surface area (Å²) in [6, 6.07) is 0.411. The highest BCUT2D eigenvalue weighted by Gasteiger charge is 2.28. The van der Waals surface area contributed by atoms with E-state index in [9.17, 15) is 0 Å². The van der Waals surface area contributed by atoms with Crippen molar-refractivity contribution in [3.8, 4) is 0 Å². The average Bonchev–Trinajstić information content (AvgIpc) is 2.86. The Hall–Kier alpha value is -0.610. The van der Waals surface area contributed by atoms with Gasteiger partial charge >= 0.3 is 0 Å². The van der Waals surface area contributed by atoms with Gasteiger partial charge < -0.3 is 4.74 Å². The van der Waals surface area contributed by atoms with E-state index in [0.717, 1.165) is 37.9 Å². The molecule has 0 saturated heterocycles. The molecule has 2 atom stereocenters. The van der Waals surface area contributed by atoms with Gasteiger partial charge in [0, 0.05) is 19.6 Å². The number of ether oxygens (including phenoxy) is 1. The minimum atomic E-state index is 0.359. The Morgan fingerprint density at radius 3 is 2.88 bits per heavy atom. The minimum Gasteiger partial charge on any atom is -0.381 e. The molecule has 1 saturated carbocycles. The van der Waals surface area contributed by atoms with Gasteiger partial charge in [-0.25, -0.2) is 0 Å². The topological polar surface area (TPSA) is 39.9 Å². The summed E-state index contributed by atoms with van der Waals surface area (Å²) >= 11 is 6.10. The molecule has 1 aliphatic carbocycles. The first-order valence-electron chi connectivity index (χ1n) is 5.88. The van der Waals surface area contributed by atoms with Crippen LogP contribution in [0.2, 0.25) is 5.28 Å². The second kappa shape index (κ2) is 5.15. The van der Waals surface area contributed by atoms with Gasteiger partial charge in [0.25, 0.3) is 0 Å². The molecule has 1 aromatic rings. The van der Waals surface area contributed by atoms with Crippen molar-refractivity contribution in [2.45, 2.75) is 51.2 Å². The largest absolute Gasteiger partial charge is 0.381 e. The number of aryl methyl sites for hydroxylation is 1. The maximum Gasteiger partial charge on any atom is 0.225 e. The fourth-order valence-electron chi connectivity index (χ4n) is 2.42. The Labute approximate surface area is 101 Å². The number of hydrogen-bond donors (Lipinski definition) is 0. The van der Waals surface area contributed by atoms with Crippen LogP contribution in [0.5, 0.6) is 0 Å². The molecule has 4 nitrogen and oxygen atoms in total. The molecule has 0 spiro atoms. The number of nitrogens with zero attached hydrogens (tertiary/aromatic N) is 3. The molecule has 16 heavy (non-hydrogen) atoms. The molecule has 1 heterocycles. The highest BCUT2D eigenvalue weighted by Crippen LogP contribution is 2.34. The Bertz CT molecular complexity index is 353. The lowest BCUT2D eigenvalue weighted by Gasteiger charge is -2.15. The zero-order valence-corrected chi connectivity index (χ0v) is 10.6. The van der Waals surface area contributed by atoms with E-state index in [4.69, 9.17) is 16.3 Å². The zero-order chi connectivity index (χ0) is 11.5. The van der Waals surface area contributed by atoms with E-state index in [-0.39, 0.29) is 0 Å². The highest BCUT2D eigenvalue weighted by atomic mass is 35.5. The smallest absolute Gasteiger partial charge is 0.225 e. The van der Waals surface area contributed by atoms with Gasteiger partial charge in [0.05, 0.1) is 6.10 Å². The molecule has 5 heteroatoms. The molecular formula is C11H18ClN3O. The second-order valence-electron chi connectivity index (χ2n) is 4.33. The summed E-state index contributed by atoms with van der Waals surface area (Å²) in [6.07, 6.45) is 5.58. The van der Waals surface area contributed by atoms with E-state index in [0.29, 0.717) is 17.4 Å². The van der Waals surface area contributed by atoms with Crippen LogP contribution in [0.1, 0.15) is 44.5 Å². The van der Waals surface area contributed by atoms with Crippen molar-refractivity contribution < 1.29 is 4.74 Å². The molecule has 0 aromatic carbocycles. The van der Waals surface area contributed by atoms with Crippen molar-refractivity contribution in [3.05, 3.63) is 11.1 Å². The number of methoxy groups -OCH3 is 1. The van der Waals surface area contributed by atoms with Crippen LogP contribution in [0.3, 0.4) is 0 Å². The third kappa shape index (κ3) is 2.23. The molecule has 0 bridgehead atoms. The van der Waals surface area contributed by atoms with Gasteiger partial charge in [0.1, 0.15) is 5.82 Å². The van der Waals surface area contributed by atoms with E-state index in [1.54, 1.807) is 7.11 Å². The van der Waals surface area contributed by atoms with E-state index in [1.165, 1.54) is 0 Å². The van der Waals surface area contributed by atoms with Gasteiger partial charge in [0.15, 0.2) is 0 Å². The lowest BCUT2D eigenvalue weighted by molar-refractivity contribution is 0.105. The molecule has 1 aliphatic rings. The molecule has 90 valence electrons. The predicted octanol–water partition coefficient (Wildman–Crippen LogP) is 2.62. The Balaban J connectivity index is 2.16. The van der Waals surface area contributed by atoms with E-state index in [1.807, 2.05) is 0 Å². The van der Waals surface area contributed by atoms with Crippen molar-refractivity contribution in [2.75, 3.05) is 7.11 Å². The molecule has 2 unspecified atom stereocenters. The number of halogens is 1. The highest BCUT2D eigenvalue weighted by molar-refractivity contribution is 6.28. The van der Waals surface area contributed by atoms with Gasteiger partial charge in [-0.15, -0.1) is 10.2 Å². The molecule has 0 radical (unpaired) electrons. The van der Waals surface area contributed by atoms with Gasteiger partial charge in [-0.1, -0.05) is 6.92 Å². The van der Waals surface area contributed by atoms with Crippen LogP contribution in [0.25, 0.3) is 0 Å². The average molecular weight is 244 g/mol. The fourth-order valence-corrected chi connectivity index (χ4v) is 2.70. The van der Waals surface area contributed by atoms with Crippen molar-refractivity contribution in [1.29, 1.82) is 0 Å². The number of aromatic nitrogens is 3. The molecule has 0 N–H and O–H groups in total. The third-order valence-corrected chi connectivity index (χ3v) is 3.51. The molecule has 0 amide bonds. The molecule has 1 aromatic heterocycles. The first-order valence-corrected chi connectivity index (χ1v) is 6.26. The van der Waals surface area contributed by atoms with Crippen molar-refractivity contribution in [2.24, 2.45) is 0 Å². The molecular weight excluding hydrogens is 226 g/mol. The lowest BCUT2D eigenvalue weighted by Crippen LogP contribution is -2.12. The summed E-state index contributed by atoms with van der Waals surface area (Å²) in [5, 5.41) is 8.63. The van der Waals surface area contributed by atoms with Gasteiger partial charge in [-0.05, 0) is 37.3 Å². The van der Waals surface area contributed by atoms with Crippen LogP contribution < -0.4 is 0 Å². The second-order valence-corrected chi connectivity index (χ2v) is 4.67. The van der Waals surface area contributed by atoms with Crippen LogP contribution in [0.4, 0.5) is 0 Å². The summed E-state index contributed by atoms with van der Waals surface area (Å²) in [7, 11) is 1.77. The SMILES string of the molecule is CCCc1nnc(Cl)n1C1CCC(OC)C1. The van der Waals surface area contributed by atoms with Crippen LogP contribution in [0.15, 0.2) is 0 Å². The van der Waals surface area contributed by atoms with Crippen LogP contribution >= 0.6 is 11.6 Å². The first-order chi connectivity index (χ1) is 7.76. The summed E-state index contributed by atoms with van der Waals surface area (Å²) in [5.41, 5.74) is 0. The Morgan fingerprint density at radius 2 is 2.25 bits per heavy atom.